The van der Waals surface area contributed by atoms with Crippen LogP contribution < -0.4 is 4.74 Å². The molecule has 32 heavy (non-hydrogen) atoms. The minimum Gasteiger partial charge on any atom is -0.491 e. The molecule has 0 N–H and O–H groups in total. The lowest BCUT2D eigenvalue weighted by Gasteiger charge is -2.32. The van der Waals surface area contributed by atoms with Crippen LogP contribution in [0.25, 0.3) is 6.08 Å². The molecule has 0 aromatic heterocycles. The van der Waals surface area contributed by atoms with Crippen molar-refractivity contribution in [3.05, 3.63) is 70.8 Å². The number of piperidine rings is 1. The molecule has 2 aromatic carbocycles. The zero-order valence-corrected chi connectivity index (χ0v) is 20.2. The highest BCUT2D eigenvalue weighted by molar-refractivity contribution is 6.30. The fourth-order valence-corrected chi connectivity index (χ4v) is 3.99. The van der Waals surface area contributed by atoms with Crippen molar-refractivity contribution in [3.63, 3.8) is 0 Å². The Balaban J connectivity index is 1.67. The third-order valence-corrected chi connectivity index (χ3v) is 6.06. The van der Waals surface area contributed by atoms with Crippen LogP contribution in [0.3, 0.4) is 0 Å². The summed E-state index contributed by atoms with van der Waals surface area (Å²) in [4.78, 5) is 17.5. The van der Waals surface area contributed by atoms with Crippen LogP contribution in [0.4, 0.5) is 0 Å². The first-order valence-electron chi connectivity index (χ1n) is 11.6. The van der Waals surface area contributed by atoms with Crippen LogP contribution in [-0.4, -0.2) is 48.0 Å². The fraction of sp³-hybridized carbons (Fsp3) is 0.444. The molecule has 1 heterocycles. The van der Waals surface area contributed by atoms with Crippen molar-refractivity contribution in [2.45, 2.75) is 46.3 Å². The van der Waals surface area contributed by atoms with Crippen molar-refractivity contribution in [2.75, 3.05) is 26.2 Å². The molecule has 1 amide bonds. The van der Waals surface area contributed by atoms with E-state index in [1.807, 2.05) is 73.4 Å². The maximum atomic E-state index is 13.1. The monoisotopic (exact) mass is 454 g/mol. The molecule has 0 atom stereocenters. The highest BCUT2D eigenvalue weighted by Gasteiger charge is 2.18. The second-order valence-corrected chi connectivity index (χ2v) is 9.42. The summed E-state index contributed by atoms with van der Waals surface area (Å²) < 4.78 is 5.77. The maximum Gasteiger partial charge on any atom is 0.246 e. The van der Waals surface area contributed by atoms with Gasteiger partial charge in [0.05, 0.1) is 6.10 Å². The third kappa shape index (κ3) is 7.99. The Morgan fingerprint density at radius 1 is 1.19 bits per heavy atom. The van der Waals surface area contributed by atoms with Gasteiger partial charge in [-0.1, -0.05) is 42.8 Å². The van der Waals surface area contributed by atoms with Gasteiger partial charge in [0.1, 0.15) is 5.75 Å². The van der Waals surface area contributed by atoms with E-state index in [2.05, 4.69) is 11.8 Å². The largest absolute Gasteiger partial charge is 0.491 e. The summed E-state index contributed by atoms with van der Waals surface area (Å²) in [5.41, 5.74) is 2.03. The highest BCUT2D eigenvalue weighted by Crippen LogP contribution is 2.18. The smallest absolute Gasteiger partial charge is 0.246 e. The molecule has 5 heteroatoms. The molecule has 4 nitrogen and oxygen atoms in total. The number of hydrogen-bond donors (Lipinski definition) is 0. The molecule has 0 saturated carbocycles. The van der Waals surface area contributed by atoms with E-state index < -0.39 is 0 Å². The molecule has 1 aliphatic rings. The van der Waals surface area contributed by atoms with Crippen LogP contribution in [0.2, 0.25) is 5.02 Å². The second kappa shape index (κ2) is 12.1. The van der Waals surface area contributed by atoms with E-state index in [1.165, 1.54) is 12.8 Å². The normalized spacial score (nSPS) is 15.4. The maximum absolute atomic E-state index is 13.1. The first-order valence-corrected chi connectivity index (χ1v) is 12.0. The molecule has 172 valence electrons. The van der Waals surface area contributed by atoms with Gasteiger partial charge >= 0.3 is 0 Å². The van der Waals surface area contributed by atoms with Crippen LogP contribution in [0.15, 0.2) is 54.6 Å². The van der Waals surface area contributed by atoms with E-state index in [0.29, 0.717) is 18.1 Å². The van der Waals surface area contributed by atoms with Crippen molar-refractivity contribution >= 4 is 23.6 Å². The van der Waals surface area contributed by atoms with Crippen molar-refractivity contribution in [1.29, 1.82) is 0 Å². The molecule has 0 unspecified atom stereocenters. The molecule has 2 aromatic rings. The number of carbonyl (C=O) groups is 1. The van der Waals surface area contributed by atoms with Gasteiger partial charge in [0.2, 0.25) is 5.91 Å². The van der Waals surface area contributed by atoms with E-state index in [-0.39, 0.29) is 12.0 Å². The summed E-state index contributed by atoms with van der Waals surface area (Å²) in [5.74, 6) is 1.63. The summed E-state index contributed by atoms with van der Waals surface area (Å²) in [6.45, 7) is 10.7. The van der Waals surface area contributed by atoms with E-state index in [0.717, 1.165) is 42.4 Å². The zero-order chi connectivity index (χ0) is 22.9. The Hall–Kier alpha value is -2.30. The van der Waals surface area contributed by atoms with Gasteiger partial charge in [0.15, 0.2) is 0 Å². The SMILES string of the molecule is CC1CCN(CCN(Cc2ccc(Cl)cc2)C(=O)/C=C/c2cccc(OC(C)C)c2)CC1. The number of carbonyl (C=O) groups excluding carboxylic acids is 1. The van der Waals surface area contributed by atoms with Crippen LogP contribution in [-0.2, 0) is 11.3 Å². The topological polar surface area (TPSA) is 32.8 Å². The summed E-state index contributed by atoms with van der Waals surface area (Å²) in [5, 5.41) is 0.706. The summed E-state index contributed by atoms with van der Waals surface area (Å²) in [6, 6.07) is 15.6. The Labute approximate surface area is 197 Å². The standard InChI is InChI=1S/C27H35ClN2O2/c1-21(2)32-26-6-4-5-23(19-26)9-12-27(31)30(20-24-7-10-25(28)11-8-24)18-17-29-15-13-22(3)14-16-29/h4-12,19,21-22H,13-18,20H2,1-3H3/b12-9+. The number of nitrogens with zero attached hydrogens (tertiary/aromatic N) is 2. The average molecular weight is 455 g/mol. The predicted molar refractivity (Wildman–Crippen MR) is 133 cm³/mol. The van der Waals surface area contributed by atoms with Gasteiger partial charge < -0.3 is 14.5 Å². The number of halogens is 1. The molecular weight excluding hydrogens is 420 g/mol. The molecule has 0 aliphatic carbocycles. The Morgan fingerprint density at radius 3 is 2.59 bits per heavy atom. The number of hydrogen-bond acceptors (Lipinski definition) is 3. The lowest BCUT2D eigenvalue weighted by atomic mass is 9.99. The molecule has 0 radical (unpaired) electrons. The van der Waals surface area contributed by atoms with E-state index >= 15 is 0 Å². The number of amides is 1. The molecule has 3 rings (SSSR count). The number of benzene rings is 2. The van der Waals surface area contributed by atoms with Crippen LogP contribution in [0.1, 0.15) is 44.7 Å². The van der Waals surface area contributed by atoms with Crippen LogP contribution >= 0.6 is 11.6 Å². The lowest BCUT2D eigenvalue weighted by molar-refractivity contribution is -0.126. The molecule has 1 aliphatic heterocycles. The average Bonchev–Trinajstić information content (AvgIpc) is 2.77. The Bertz CT molecular complexity index is 887. The first kappa shape index (κ1) is 24.3. The van der Waals surface area contributed by atoms with E-state index in [9.17, 15) is 4.79 Å². The Morgan fingerprint density at radius 2 is 1.91 bits per heavy atom. The van der Waals surface area contributed by atoms with Gasteiger partial charge in [0.25, 0.3) is 0 Å². The van der Waals surface area contributed by atoms with Gasteiger partial charge in [-0.05, 0) is 87.2 Å². The Kier molecular flexibility index (Phi) is 9.19. The molecule has 0 spiro atoms. The minimum absolute atomic E-state index is 0.0144. The molecule has 1 fully saturated rings. The van der Waals surface area contributed by atoms with E-state index in [4.69, 9.17) is 16.3 Å². The summed E-state index contributed by atoms with van der Waals surface area (Å²) in [6.07, 6.45) is 6.12. The van der Waals surface area contributed by atoms with Crippen molar-refractivity contribution in [2.24, 2.45) is 5.92 Å². The second-order valence-electron chi connectivity index (χ2n) is 8.98. The van der Waals surface area contributed by atoms with Gasteiger partial charge in [-0.15, -0.1) is 0 Å². The minimum atomic E-state index is 0.0144. The summed E-state index contributed by atoms with van der Waals surface area (Å²) >= 11 is 6.04. The number of likely N-dealkylation sites (tertiary alicyclic amines) is 1. The molecule has 0 bridgehead atoms. The molecule has 1 saturated heterocycles. The zero-order valence-electron chi connectivity index (χ0n) is 19.5. The highest BCUT2D eigenvalue weighted by atomic mass is 35.5. The van der Waals surface area contributed by atoms with Gasteiger partial charge in [0, 0.05) is 30.7 Å². The van der Waals surface area contributed by atoms with Gasteiger partial charge in [-0.3, -0.25) is 4.79 Å². The van der Waals surface area contributed by atoms with Crippen LogP contribution in [0.5, 0.6) is 5.75 Å². The fourth-order valence-electron chi connectivity index (χ4n) is 3.86. The van der Waals surface area contributed by atoms with Crippen molar-refractivity contribution < 1.29 is 9.53 Å². The lowest BCUT2D eigenvalue weighted by Crippen LogP contribution is -2.40. The first-order chi connectivity index (χ1) is 15.4. The number of ether oxygens (including phenoxy) is 1. The summed E-state index contributed by atoms with van der Waals surface area (Å²) in [7, 11) is 0. The van der Waals surface area contributed by atoms with Gasteiger partial charge in [-0.25, -0.2) is 0 Å². The molecular formula is C27H35ClN2O2. The third-order valence-electron chi connectivity index (χ3n) is 5.81. The number of rotatable bonds is 9. The van der Waals surface area contributed by atoms with E-state index in [1.54, 1.807) is 6.08 Å². The van der Waals surface area contributed by atoms with Crippen LogP contribution in [0, 0.1) is 5.92 Å². The van der Waals surface area contributed by atoms with Gasteiger partial charge in [-0.2, -0.15) is 0 Å². The predicted octanol–water partition coefficient (Wildman–Crippen LogP) is 5.90. The quantitative estimate of drug-likeness (QED) is 0.442. The van der Waals surface area contributed by atoms with Crippen molar-refractivity contribution in [1.82, 2.24) is 9.80 Å². The van der Waals surface area contributed by atoms with Crippen molar-refractivity contribution in [3.8, 4) is 5.75 Å².